The smallest absolute Gasteiger partial charge is 0.251 e. The molecule has 0 aliphatic carbocycles. The van der Waals surface area contributed by atoms with E-state index in [1.807, 2.05) is 4.90 Å². The van der Waals surface area contributed by atoms with Crippen LogP contribution in [0.25, 0.3) is 0 Å². The Hall–Kier alpha value is -0.760. The molecular formula is C12H17ClN4O2S. The first-order valence-electron chi connectivity index (χ1n) is 6.83. The largest absolute Gasteiger partial charge is 0.368 e. The molecule has 1 aromatic rings. The minimum absolute atomic E-state index is 0.149. The van der Waals surface area contributed by atoms with Crippen molar-refractivity contribution in [3.63, 3.8) is 0 Å². The zero-order valence-electron chi connectivity index (χ0n) is 11.1. The topological polar surface area (TPSA) is 58.6 Å². The third-order valence-electron chi connectivity index (χ3n) is 3.77. The number of hydrogen-bond donors (Lipinski definition) is 0. The van der Waals surface area contributed by atoms with Crippen molar-refractivity contribution in [1.82, 2.24) is 19.4 Å². The summed E-state index contributed by atoms with van der Waals surface area (Å²) in [6.07, 6.45) is 1.64. The lowest BCUT2D eigenvalue weighted by Gasteiger charge is -2.35. The van der Waals surface area contributed by atoms with E-state index in [-0.39, 0.29) is 12.0 Å². The van der Waals surface area contributed by atoms with Gasteiger partial charge >= 0.3 is 0 Å². The second kappa shape index (κ2) is 6.34. The second-order valence-electron chi connectivity index (χ2n) is 5.10. The Labute approximate surface area is 126 Å². The van der Waals surface area contributed by atoms with E-state index in [1.54, 1.807) is 0 Å². The van der Waals surface area contributed by atoms with Crippen LogP contribution in [0, 0.1) is 0 Å². The van der Waals surface area contributed by atoms with Crippen LogP contribution in [0.3, 0.4) is 0 Å². The maximum atomic E-state index is 12.2. The zero-order valence-corrected chi connectivity index (χ0v) is 12.7. The molecule has 6 nitrogen and oxygen atoms in total. The number of hydrogen-bond acceptors (Lipinski definition) is 6. The molecule has 0 radical (unpaired) electrons. The molecular weight excluding hydrogens is 300 g/mol. The molecule has 3 heterocycles. The van der Waals surface area contributed by atoms with E-state index in [1.165, 1.54) is 11.5 Å². The summed E-state index contributed by atoms with van der Waals surface area (Å²) in [5, 5.41) is 4.02. The third kappa shape index (κ3) is 3.11. The predicted octanol–water partition coefficient (Wildman–Crippen LogP) is 1.01. The number of piperazine rings is 1. The number of ether oxygens (including phenoxy) is 1. The molecule has 0 N–H and O–H groups in total. The summed E-state index contributed by atoms with van der Waals surface area (Å²) >= 11 is 7.22. The molecule has 3 rings (SSSR count). The number of carbonyl (C=O) groups excluding carboxylic acids is 1. The lowest BCUT2D eigenvalue weighted by molar-refractivity contribution is -0.142. The van der Waals surface area contributed by atoms with Gasteiger partial charge in [-0.05, 0) is 12.8 Å². The van der Waals surface area contributed by atoms with Crippen molar-refractivity contribution in [2.24, 2.45) is 0 Å². The number of amides is 1. The van der Waals surface area contributed by atoms with Gasteiger partial charge in [-0.25, -0.2) is 0 Å². The fraction of sp³-hybridized carbons (Fsp3) is 0.750. The molecule has 1 aromatic heterocycles. The summed E-state index contributed by atoms with van der Waals surface area (Å²) in [4.78, 5) is 16.4. The molecule has 0 bridgehead atoms. The van der Waals surface area contributed by atoms with Crippen LogP contribution < -0.4 is 0 Å². The first-order valence-corrected chi connectivity index (χ1v) is 7.98. The molecule has 2 fully saturated rings. The molecule has 0 saturated carbocycles. The number of rotatable bonds is 3. The average molecular weight is 317 g/mol. The highest BCUT2D eigenvalue weighted by atomic mass is 35.5. The Morgan fingerprint density at radius 3 is 2.80 bits per heavy atom. The molecule has 2 aliphatic rings. The van der Waals surface area contributed by atoms with Gasteiger partial charge in [-0.1, -0.05) is 16.1 Å². The highest BCUT2D eigenvalue weighted by Gasteiger charge is 2.30. The summed E-state index contributed by atoms with van der Waals surface area (Å²) in [5.74, 6) is 0.149. The van der Waals surface area contributed by atoms with Crippen molar-refractivity contribution in [2.45, 2.75) is 25.5 Å². The fourth-order valence-corrected chi connectivity index (χ4v) is 3.22. The van der Waals surface area contributed by atoms with Gasteiger partial charge in [0.1, 0.15) is 16.1 Å². The van der Waals surface area contributed by atoms with Crippen LogP contribution in [0.15, 0.2) is 0 Å². The summed E-state index contributed by atoms with van der Waals surface area (Å²) in [6, 6.07) is 0. The molecule has 1 unspecified atom stereocenters. The molecule has 20 heavy (non-hydrogen) atoms. The maximum Gasteiger partial charge on any atom is 0.251 e. The lowest BCUT2D eigenvalue weighted by Crippen LogP contribution is -2.51. The van der Waals surface area contributed by atoms with Crippen molar-refractivity contribution in [1.29, 1.82) is 0 Å². The van der Waals surface area contributed by atoms with Crippen molar-refractivity contribution >= 4 is 29.0 Å². The maximum absolute atomic E-state index is 12.2. The van der Waals surface area contributed by atoms with Gasteiger partial charge in [0, 0.05) is 50.9 Å². The van der Waals surface area contributed by atoms with E-state index in [9.17, 15) is 4.79 Å². The monoisotopic (exact) mass is 316 g/mol. The molecule has 1 atom stereocenters. The Morgan fingerprint density at radius 2 is 2.20 bits per heavy atom. The number of halogens is 1. The second-order valence-corrected chi connectivity index (χ2v) is 6.45. The Kier molecular flexibility index (Phi) is 4.50. The molecule has 0 aromatic carbocycles. The summed E-state index contributed by atoms with van der Waals surface area (Å²) in [7, 11) is 0. The SMILES string of the molecule is O=C(C1CCCO1)N1CCN(Cc2nnsc2Cl)CC1. The van der Waals surface area contributed by atoms with Crippen LogP contribution in [0.4, 0.5) is 0 Å². The van der Waals surface area contributed by atoms with Gasteiger partial charge in [0.15, 0.2) is 0 Å². The predicted molar refractivity (Wildman–Crippen MR) is 75.8 cm³/mol. The molecule has 110 valence electrons. The van der Waals surface area contributed by atoms with Crippen molar-refractivity contribution < 1.29 is 9.53 Å². The first kappa shape index (κ1) is 14.2. The van der Waals surface area contributed by atoms with Crippen LogP contribution in [0.5, 0.6) is 0 Å². The Bertz CT molecular complexity index is 470. The van der Waals surface area contributed by atoms with Crippen LogP contribution in [0.1, 0.15) is 18.5 Å². The van der Waals surface area contributed by atoms with E-state index in [2.05, 4.69) is 14.5 Å². The van der Waals surface area contributed by atoms with E-state index < -0.39 is 0 Å². The number of carbonyl (C=O) groups is 1. The molecule has 0 spiro atoms. The van der Waals surface area contributed by atoms with Gasteiger partial charge < -0.3 is 9.64 Å². The van der Waals surface area contributed by atoms with E-state index >= 15 is 0 Å². The normalized spacial score (nSPS) is 24.2. The van der Waals surface area contributed by atoms with E-state index in [0.717, 1.165) is 44.7 Å². The zero-order chi connectivity index (χ0) is 13.9. The number of nitrogens with zero attached hydrogens (tertiary/aromatic N) is 4. The molecule has 1 amide bonds. The summed E-state index contributed by atoms with van der Waals surface area (Å²) in [5.41, 5.74) is 0.829. The fourth-order valence-electron chi connectivity index (χ4n) is 2.61. The van der Waals surface area contributed by atoms with Crippen molar-refractivity contribution in [3.8, 4) is 0 Å². The van der Waals surface area contributed by atoms with Crippen LogP contribution in [-0.2, 0) is 16.1 Å². The minimum atomic E-state index is -0.210. The third-order valence-corrected chi connectivity index (χ3v) is 4.76. The molecule has 2 aliphatic heterocycles. The molecule has 2 saturated heterocycles. The van der Waals surface area contributed by atoms with Crippen LogP contribution in [-0.4, -0.2) is 64.2 Å². The first-order chi connectivity index (χ1) is 9.74. The van der Waals surface area contributed by atoms with Crippen molar-refractivity contribution in [3.05, 3.63) is 10.0 Å². The van der Waals surface area contributed by atoms with Gasteiger partial charge in [0.25, 0.3) is 5.91 Å². The van der Waals surface area contributed by atoms with E-state index in [0.29, 0.717) is 17.5 Å². The summed E-state index contributed by atoms with van der Waals surface area (Å²) < 4.78 is 9.95. The van der Waals surface area contributed by atoms with Gasteiger partial charge in [-0.3, -0.25) is 9.69 Å². The Morgan fingerprint density at radius 1 is 1.40 bits per heavy atom. The van der Waals surface area contributed by atoms with Crippen LogP contribution >= 0.6 is 23.1 Å². The quantitative estimate of drug-likeness (QED) is 0.833. The Balaban J connectivity index is 1.49. The van der Waals surface area contributed by atoms with Gasteiger partial charge in [0.2, 0.25) is 0 Å². The minimum Gasteiger partial charge on any atom is -0.368 e. The van der Waals surface area contributed by atoms with Gasteiger partial charge in [-0.2, -0.15) is 0 Å². The standard InChI is InChI=1S/C12H17ClN4O2S/c13-11-9(14-15-20-11)8-16-3-5-17(6-4-16)12(18)10-2-1-7-19-10/h10H,1-8H2. The highest BCUT2D eigenvalue weighted by molar-refractivity contribution is 7.10. The van der Waals surface area contributed by atoms with Crippen molar-refractivity contribution in [2.75, 3.05) is 32.8 Å². The van der Waals surface area contributed by atoms with Gasteiger partial charge in [0.05, 0.1) is 0 Å². The van der Waals surface area contributed by atoms with Crippen LogP contribution in [0.2, 0.25) is 4.34 Å². The van der Waals surface area contributed by atoms with Gasteiger partial charge in [-0.15, -0.1) is 5.10 Å². The summed E-state index contributed by atoms with van der Waals surface area (Å²) in [6.45, 7) is 4.59. The highest BCUT2D eigenvalue weighted by Crippen LogP contribution is 2.20. The molecule has 8 heteroatoms. The van der Waals surface area contributed by atoms with E-state index in [4.69, 9.17) is 16.3 Å². The average Bonchev–Trinajstić information content (AvgIpc) is 3.12. The lowest BCUT2D eigenvalue weighted by atomic mass is 10.2. The number of aromatic nitrogens is 2.